The van der Waals surface area contributed by atoms with Crippen molar-refractivity contribution < 1.29 is 27.4 Å². The molecule has 5 rings (SSSR count). The fourth-order valence-corrected chi connectivity index (χ4v) is 4.61. The second-order valence-electron chi connectivity index (χ2n) is 8.91. The fraction of sp³-hybridized carbons (Fsp3) is 0.522. The Kier molecular flexibility index (Phi) is 5.86. The number of halogens is 3. The van der Waals surface area contributed by atoms with Gasteiger partial charge in [0, 0.05) is 44.4 Å². The first-order chi connectivity index (χ1) is 15.8. The number of rotatable bonds is 6. The van der Waals surface area contributed by atoms with E-state index in [0.717, 1.165) is 18.5 Å². The van der Waals surface area contributed by atoms with Crippen molar-refractivity contribution in [2.45, 2.75) is 56.7 Å². The Bertz CT molecular complexity index is 997. The molecule has 1 aromatic carbocycles. The summed E-state index contributed by atoms with van der Waals surface area (Å²) in [7, 11) is 0. The predicted octanol–water partition coefficient (Wildman–Crippen LogP) is 3.51. The molecule has 7 nitrogen and oxygen atoms in total. The standard InChI is InChI=1S/C23H25F3N4O3/c24-23(25,26)33-18-3-1-2-15(8-18)12-29-7-6-22(31)30-14-19(9-17(30)13-29)32-21-11-27-20(10-28-21)16-4-5-16/h1-3,8,10-11,16-17,19H,4-7,9,12-14H2. The van der Waals surface area contributed by atoms with Gasteiger partial charge in [-0.2, -0.15) is 0 Å². The van der Waals surface area contributed by atoms with Gasteiger partial charge < -0.3 is 14.4 Å². The highest BCUT2D eigenvalue weighted by atomic mass is 19.4. The summed E-state index contributed by atoms with van der Waals surface area (Å²) in [6.07, 6.45) is 1.88. The van der Waals surface area contributed by atoms with Gasteiger partial charge in [0.25, 0.3) is 0 Å². The van der Waals surface area contributed by atoms with E-state index in [1.54, 1.807) is 24.5 Å². The maximum atomic E-state index is 12.7. The first-order valence-electron chi connectivity index (χ1n) is 11.2. The van der Waals surface area contributed by atoms with E-state index in [1.807, 2.05) is 4.90 Å². The molecule has 0 N–H and O–H groups in total. The van der Waals surface area contributed by atoms with E-state index in [0.29, 0.717) is 56.4 Å². The average molecular weight is 462 g/mol. The van der Waals surface area contributed by atoms with E-state index in [4.69, 9.17) is 4.74 Å². The highest BCUT2D eigenvalue weighted by Crippen LogP contribution is 2.38. The summed E-state index contributed by atoms with van der Waals surface area (Å²) in [4.78, 5) is 25.5. The predicted molar refractivity (Wildman–Crippen MR) is 112 cm³/mol. The van der Waals surface area contributed by atoms with Crippen molar-refractivity contribution >= 4 is 5.91 Å². The van der Waals surface area contributed by atoms with Crippen LogP contribution in [0, 0.1) is 0 Å². The molecule has 2 atom stereocenters. The minimum absolute atomic E-state index is 0.0155. The quantitative estimate of drug-likeness (QED) is 0.655. The second kappa shape index (κ2) is 8.81. The van der Waals surface area contributed by atoms with Crippen molar-refractivity contribution in [1.82, 2.24) is 19.8 Å². The van der Waals surface area contributed by atoms with Crippen molar-refractivity contribution in [3.05, 3.63) is 47.9 Å². The first kappa shape index (κ1) is 21.9. The number of alkyl halides is 3. The van der Waals surface area contributed by atoms with E-state index in [9.17, 15) is 18.0 Å². The van der Waals surface area contributed by atoms with Crippen LogP contribution in [0.2, 0.25) is 0 Å². The molecule has 2 aliphatic heterocycles. The smallest absolute Gasteiger partial charge is 0.471 e. The van der Waals surface area contributed by atoms with Crippen molar-refractivity contribution in [3.8, 4) is 11.6 Å². The van der Waals surface area contributed by atoms with Crippen LogP contribution in [0.15, 0.2) is 36.7 Å². The number of nitrogens with zero attached hydrogens (tertiary/aromatic N) is 4. The molecule has 3 heterocycles. The van der Waals surface area contributed by atoms with E-state index in [-0.39, 0.29) is 23.8 Å². The lowest BCUT2D eigenvalue weighted by atomic mass is 10.1. The van der Waals surface area contributed by atoms with Gasteiger partial charge in [0.2, 0.25) is 11.8 Å². The summed E-state index contributed by atoms with van der Waals surface area (Å²) in [5.74, 6) is 0.821. The van der Waals surface area contributed by atoms with Gasteiger partial charge in [0.15, 0.2) is 0 Å². The summed E-state index contributed by atoms with van der Waals surface area (Å²) in [6.45, 7) is 2.11. The Labute approximate surface area is 189 Å². The Morgan fingerprint density at radius 2 is 1.97 bits per heavy atom. The molecule has 1 saturated carbocycles. The van der Waals surface area contributed by atoms with E-state index in [2.05, 4.69) is 19.6 Å². The largest absolute Gasteiger partial charge is 0.573 e. The molecule has 1 amide bonds. The van der Waals surface area contributed by atoms with Crippen LogP contribution in [0.1, 0.15) is 42.9 Å². The number of hydrogen-bond acceptors (Lipinski definition) is 6. The maximum absolute atomic E-state index is 12.7. The Morgan fingerprint density at radius 3 is 2.70 bits per heavy atom. The first-order valence-corrected chi connectivity index (χ1v) is 11.2. The van der Waals surface area contributed by atoms with Gasteiger partial charge in [-0.25, -0.2) is 4.98 Å². The number of benzene rings is 1. The monoisotopic (exact) mass is 462 g/mol. The number of aromatic nitrogens is 2. The zero-order valence-corrected chi connectivity index (χ0v) is 18.0. The van der Waals surface area contributed by atoms with Crippen LogP contribution in [0.5, 0.6) is 11.6 Å². The van der Waals surface area contributed by atoms with Gasteiger partial charge in [-0.3, -0.25) is 14.7 Å². The lowest BCUT2D eigenvalue weighted by molar-refractivity contribution is -0.274. The summed E-state index contributed by atoms with van der Waals surface area (Å²) < 4.78 is 47.6. The zero-order chi connectivity index (χ0) is 23.0. The summed E-state index contributed by atoms with van der Waals surface area (Å²) in [5, 5.41) is 0. The Morgan fingerprint density at radius 1 is 1.12 bits per heavy atom. The van der Waals surface area contributed by atoms with Crippen LogP contribution in [0.25, 0.3) is 0 Å². The minimum Gasteiger partial charge on any atom is -0.471 e. The second-order valence-corrected chi connectivity index (χ2v) is 8.91. The lowest BCUT2D eigenvalue weighted by Gasteiger charge is -2.25. The van der Waals surface area contributed by atoms with Gasteiger partial charge >= 0.3 is 6.36 Å². The third kappa shape index (κ3) is 5.55. The Hall–Kier alpha value is -2.88. The highest BCUT2D eigenvalue weighted by Gasteiger charge is 2.39. The highest BCUT2D eigenvalue weighted by molar-refractivity contribution is 5.77. The van der Waals surface area contributed by atoms with Gasteiger partial charge in [-0.15, -0.1) is 13.2 Å². The third-order valence-corrected chi connectivity index (χ3v) is 6.28. The molecule has 0 radical (unpaired) electrons. The van der Waals surface area contributed by atoms with Crippen molar-refractivity contribution in [3.63, 3.8) is 0 Å². The number of amides is 1. The van der Waals surface area contributed by atoms with Crippen LogP contribution in [-0.4, -0.2) is 63.8 Å². The Balaban J connectivity index is 1.20. The fourth-order valence-electron chi connectivity index (χ4n) is 4.61. The molecule has 0 bridgehead atoms. The number of fused-ring (bicyclic) bond motifs is 1. The van der Waals surface area contributed by atoms with Gasteiger partial charge in [0.05, 0.1) is 24.6 Å². The molecule has 33 heavy (non-hydrogen) atoms. The van der Waals surface area contributed by atoms with Gasteiger partial charge in [0.1, 0.15) is 11.9 Å². The van der Waals surface area contributed by atoms with Crippen molar-refractivity contribution in [2.75, 3.05) is 19.6 Å². The van der Waals surface area contributed by atoms with E-state index < -0.39 is 6.36 Å². The maximum Gasteiger partial charge on any atom is 0.573 e. The van der Waals surface area contributed by atoms with Crippen LogP contribution in [0.4, 0.5) is 13.2 Å². The molecule has 1 aromatic heterocycles. The van der Waals surface area contributed by atoms with Crippen LogP contribution < -0.4 is 9.47 Å². The minimum atomic E-state index is -4.73. The molecular formula is C23H25F3N4O3. The van der Waals surface area contributed by atoms with E-state index >= 15 is 0 Å². The number of ether oxygens (including phenoxy) is 2. The molecule has 1 aliphatic carbocycles. The molecule has 2 saturated heterocycles. The number of carbonyl (C=O) groups is 1. The summed E-state index contributed by atoms with van der Waals surface area (Å²) in [5.41, 5.74) is 1.70. The van der Waals surface area contributed by atoms with Crippen LogP contribution >= 0.6 is 0 Å². The van der Waals surface area contributed by atoms with Crippen LogP contribution in [-0.2, 0) is 11.3 Å². The third-order valence-electron chi connectivity index (χ3n) is 6.28. The summed E-state index contributed by atoms with van der Waals surface area (Å²) in [6, 6.07) is 5.96. The normalized spacial score (nSPS) is 23.8. The molecule has 3 aliphatic rings. The molecule has 3 fully saturated rings. The molecule has 10 heteroatoms. The number of hydrogen-bond donors (Lipinski definition) is 0. The molecule has 0 spiro atoms. The van der Waals surface area contributed by atoms with Gasteiger partial charge in [-0.05, 0) is 30.5 Å². The molecule has 176 valence electrons. The van der Waals surface area contributed by atoms with E-state index in [1.165, 1.54) is 12.1 Å². The molecule has 2 unspecified atom stereocenters. The SMILES string of the molecule is O=C1CCN(Cc2cccc(OC(F)(F)F)c2)CC2CC(Oc3cnc(C4CC4)cn3)CN12. The average Bonchev–Trinajstić information content (AvgIpc) is 3.54. The number of carbonyl (C=O) groups excluding carboxylic acids is 1. The lowest BCUT2D eigenvalue weighted by Crippen LogP contribution is -2.38. The van der Waals surface area contributed by atoms with Gasteiger partial charge in [-0.1, -0.05) is 12.1 Å². The summed E-state index contributed by atoms with van der Waals surface area (Å²) >= 11 is 0. The topological polar surface area (TPSA) is 67.8 Å². The van der Waals surface area contributed by atoms with Crippen LogP contribution in [0.3, 0.4) is 0 Å². The molecule has 2 aromatic rings. The molecular weight excluding hydrogens is 437 g/mol. The van der Waals surface area contributed by atoms with Crippen molar-refractivity contribution in [2.24, 2.45) is 0 Å². The van der Waals surface area contributed by atoms with Crippen molar-refractivity contribution in [1.29, 1.82) is 0 Å². The zero-order valence-electron chi connectivity index (χ0n) is 18.0.